The summed E-state index contributed by atoms with van der Waals surface area (Å²) >= 11 is 0. The number of ether oxygens (including phenoxy) is 5. The molecule has 0 amide bonds. The van der Waals surface area contributed by atoms with Gasteiger partial charge in [-0.2, -0.15) is 0 Å². The molecule has 2 aromatic carbocycles. The average molecular weight is 384 g/mol. The molecule has 0 fully saturated rings. The maximum Gasteiger partial charge on any atom is 0.339 e. The van der Waals surface area contributed by atoms with E-state index in [2.05, 4.69) is 0 Å². The van der Waals surface area contributed by atoms with E-state index in [1.165, 1.54) is 5.56 Å². The molecule has 4 rings (SSSR count). The molecule has 0 aromatic heterocycles. The van der Waals surface area contributed by atoms with Crippen LogP contribution in [0.25, 0.3) is 0 Å². The van der Waals surface area contributed by atoms with Crippen LogP contribution in [0.5, 0.6) is 23.0 Å². The third-order valence-electron chi connectivity index (χ3n) is 5.57. The molecule has 2 aromatic rings. The lowest BCUT2D eigenvalue weighted by molar-refractivity contribution is 0.0450. The van der Waals surface area contributed by atoms with Gasteiger partial charge in [0.25, 0.3) is 0 Å². The highest BCUT2D eigenvalue weighted by atomic mass is 16.6. The second kappa shape index (κ2) is 7.26. The van der Waals surface area contributed by atoms with Crippen molar-refractivity contribution in [2.45, 2.75) is 31.8 Å². The van der Waals surface area contributed by atoms with Crippen LogP contribution in [0.3, 0.4) is 0 Å². The van der Waals surface area contributed by atoms with Gasteiger partial charge in [-0.1, -0.05) is 0 Å². The molecule has 0 N–H and O–H groups in total. The molecule has 0 radical (unpaired) electrons. The lowest BCUT2D eigenvalue weighted by atomic mass is 9.86. The first kappa shape index (κ1) is 18.5. The van der Waals surface area contributed by atoms with Gasteiger partial charge in [-0.05, 0) is 37.8 Å². The van der Waals surface area contributed by atoms with Crippen LogP contribution < -0.4 is 18.9 Å². The fraction of sp³-hybridized carbons (Fsp3) is 0.409. The van der Waals surface area contributed by atoms with Crippen molar-refractivity contribution in [2.75, 3.05) is 28.4 Å². The molecule has 6 nitrogen and oxygen atoms in total. The molecule has 2 aliphatic rings. The Hall–Kier alpha value is -2.89. The maximum absolute atomic E-state index is 12.6. The Morgan fingerprint density at radius 1 is 0.857 bits per heavy atom. The summed E-state index contributed by atoms with van der Waals surface area (Å²) in [5.41, 5.74) is 4.22. The Balaban J connectivity index is 1.94. The Morgan fingerprint density at radius 3 is 2.21 bits per heavy atom. The van der Waals surface area contributed by atoms with Gasteiger partial charge < -0.3 is 23.7 Å². The van der Waals surface area contributed by atoms with Crippen LogP contribution >= 0.6 is 0 Å². The molecule has 0 spiro atoms. The molecule has 1 unspecified atom stereocenters. The van der Waals surface area contributed by atoms with E-state index in [-0.39, 0.29) is 0 Å². The number of carbonyl (C=O) groups is 1. The van der Waals surface area contributed by atoms with Crippen LogP contribution in [0.4, 0.5) is 0 Å². The number of methoxy groups -OCH3 is 4. The summed E-state index contributed by atoms with van der Waals surface area (Å²) in [6.45, 7) is 0. The Bertz CT molecular complexity index is 933. The van der Waals surface area contributed by atoms with Crippen molar-refractivity contribution < 1.29 is 28.5 Å². The van der Waals surface area contributed by atoms with Gasteiger partial charge in [0.05, 0.1) is 39.6 Å². The minimum absolute atomic E-state index is 0.407. The summed E-state index contributed by atoms with van der Waals surface area (Å²) in [5, 5.41) is 0. The Labute approximate surface area is 164 Å². The highest BCUT2D eigenvalue weighted by Gasteiger charge is 2.39. The van der Waals surface area contributed by atoms with Crippen molar-refractivity contribution in [2.24, 2.45) is 0 Å². The second-order valence-electron chi connectivity index (χ2n) is 6.94. The number of rotatable bonds is 5. The smallest absolute Gasteiger partial charge is 0.339 e. The van der Waals surface area contributed by atoms with Gasteiger partial charge in [-0.25, -0.2) is 4.79 Å². The summed E-state index contributed by atoms with van der Waals surface area (Å²) in [5.74, 6) is 2.25. The number of carbonyl (C=O) groups excluding carboxylic acids is 1. The Kier molecular flexibility index (Phi) is 4.79. The maximum atomic E-state index is 12.6. The van der Waals surface area contributed by atoms with Crippen LogP contribution in [0.1, 0.15) is 51.6 Å². The highest BCUT2D eigenvalue weighted by Crippen LogP contribution is 2.49. The van der Waals surface area contributed by atoms with Crippen molar-refractivity contribution in [1.29, 1.82) is 0 Å². The van der Waals surface area contributed by atoms with E-state index in [0.29, 0.717) is 22.6 Å². The normalized spacial score (nSPS) is 17.4. The van der Waals surface area contributed by atoms with Crippen molar-refractivity contribution in [3.05, 3.63) is 46.0 Å². The van der Waals surface area contributed by atoms with Gasteiger partial charge in [-0.3, -0.25) is 0 Å². The molecular formula is C22H24O6. The van der Waals surface area contributed by atoms with Crippen molar-refractivity contribution >= 4 is 5.97 Å². The van der Waals surface area contributed by atoms with Crippen molar-refractivity contribution in [3.8, 4) is 23.0 Å². The number of cyclic esters (lactones) is 1. The third kappa shape index (κ3) is 2.75. The Morgan fingerprint density at radius 2 is 1.57 bits per heavy atom. The van der Waals surface area contributed by atoms with Crippen molar-refractivity contribution in [1.82, 2.24) is 0 Å². The van der Waals surface area contributed by atoms with Crippen molar-refractivity contribution in [3.63, 3.8) is 0 Å². The molecule has 1 aliphatic carbocycles. The topological polar surface area (TPSA) is 63.2 Å². The van der Waals surface area contributed by atoms with E-state index in [1.54, 1.807) is 40.6 Å². The fourth-order valence-corrected chi connectivity index (χ4v) is 4.29. The van der Waals surface area contributed by atoms with E-state index >= 15 is 0 Å². The van der Waals surface area contributed by atoms with E-state index in [4.69, 9.17) is 23.7 Å². The van der Waals surface area contributed by atoms with Gasteiger partial charge in [0, 0.05) is 22.8 Å². The minimum Gasteiger partial charge on any atom is -0.497 e. The number of fused-ring (bicyclic) bond motifs is 2. The molecule has 1 heterocycles. The molecule has 0 saturated carbocycles. The molecule has 0 bridgehead atoms. The fourth-order valence-electron chi connectivity index (χ4n) is 4.29. The lowest BCUT2D eigenvalue weighted by Gasteiger charge is -2.26. The molecular weight excluding hydrogens is 360 g/mol. The van der Waals surface area contributed by atoms with Crippen LogP contribution in [-0.4, -0.2) is 34.4 Å². The van der Waals surface area contributed by atoms with E-state index < -0.39 is 12.1 Å². The predicted octanol–water partition coefficient (Wildman–Crippen LogP) is 3.86. The van der Waals surface area contributed by atoms with Crippen LogP contribution in [-0.2, 0) is 17.6 Å². The zero-order valence-corrected chi connectivity index (χ0v) is 16.6. The minimum atomic E-state index is -0.626. The standard InChI is InChI=1S/C22H24O6/c1-24-12-9-15-19(18(10-12)26-3)21(28-22(15)23)16-11-17(25-2)13-7-5-6-8-14(13)20(16)27-4/h9-11,21H,5-8H2,1-4H3. The molecule has 0 saturated heterocycles. The first-order valence-corrected chi connectivity index (χ1v) is 9.36. The quantitative estimate of drug-likeness (QED) is 0.730. The molecule has 148 valence electrons. The largest absolute Gasteiger partial charge is 0.497 e. The number of esters is 1. The SMILES string of the molecule is COc1cc(OC)c2c(c1)C(=O)OC2c1cc(OC)c2c(c1OC)CCCC2. The number of benzene rings is 2. The lowest BCUT2D eigenvalue weighted by Crippen LogP contribution is -2.12. The summed E-state index contributed by atoms with van der Waals surface area (Å²) < 4.78 is 28.1. The number of hydrogen-bond acceptors (Lipinski definition) is 6. The first-order chi connectivity index (χ1) is 13.6. The van der Waals surface area contributed by atoms with E-state index in [1.807, 2.05) is 6.07 Å². The third-order valence-corrected chi connectivity index (χ3v) is 5.57. The van der Waals surface area contributed by atoms with Crippen LogP contribution in [0.15, 0.2) is 18.2 Å². The first-order valence-electron chi connectivity index (χ1n) is 9.36. The molecule has 1 atom stereocenters. The van der Waals surface area contributed by atoms with Gasteiger partial charge in [-0.15, -0.1) is 0 Å². The van der Waals surface area contributed by atoms with Gasteiger partial charge in [0.2, 0.25) is 0 Å². The van der Waals surface area contributed by atoms with Crippen LogP contribution in [0.2, 0.25) is 0 Å². The molecule has 28 heavy (non-hydrogen) atoms. The summed E-state index contributed by atoms with van der Waals surface area (Å²) in [6.07, 6.45) is 3.46. The van der Waals surface area contributed by atoms with Gasteiger partial charge in [0.1, 0.15) is 23.0 Å². The summed E-state index contributed by atoms with van der Waals surface area (Å²) in [7, 11) is 6.44. The zero-order chi connectivity index (χ0) is 19.8. The molecule has 6 heteroatoms. The van der Waals surface area contributed by atoms with Gasteiger partial charge >= 0.3 is 5.97 Å². The van der Waals surface area contributed by atoms with Crippen LogP contribution in [0, 0.1) is 0 Å². The molecule has 1 aliphatic heterocycles. The monoisotopic (exact) mass is 384 g/mol. The highest BCUT2D eigenvalue weighted by molar-refractivity contribution is 5.96. The summed E-state index contributed by atoms with van der Waals surface area (Å²) in [4.78, 5) is 12.6. The number of hydrogen-bond donors (Lipinski definition) is 0. The van der Waals surface area contributed by atoms with E-state index in [0.717, 1.165) is 48.3 Å². The van der Waals surface area contributed by atoms with Gasteiger partial charge in [0.15, 0.2) is 6.10 Å². The van der Waals surface area contributed by atoms with E-state index in [9.17, 15) is 4.79 Å². The summed E-state index contributed by atoms with van der Waals surface area (Å²) in [6, 6.07) is 5.37. The second-order valence-corrected chi connectivity index (χ2v) is 6.94. The average Bonchev–Trinajstić information content (AvgIpc) is 3.08. The zero-order valence-electron chi connectivity index (χ0n) is 16.6. The predicted molar refractivity (Wildman–Crippen MR) is 103 cm³/mol.